The number of fused-ring (bicyclic) bond motifs is 1. The first-order chi connectivity index (χ1) is 19.3. The highest BCUT2D eigenvalue weighted by Gasteiger charge is 2.39. The lowest BCUT2D eigenvalue weighted by molar-refractivity contribution is -0.139. The Balaban J connectivity index is 1.31. The molecule has 40 heavy (non-hydrogen) atoms. The van der Waals surface area contributed by atoms with E-state index in [1.807, 2.05) is 30.3 Å². The standard InChI is InChI=1S/C30H31N5O4S/c31-28-25-14-13-22(18-24(25)15-16-32-28)19-33-29(36)26-12-7-17-35(26)30(37)27(23-10-5-2-6-11-23)34-40(38,39)20-21-8-3-1-4-9-21/h1-6,8-11,13-16,18,26-27,34H,7,12,17,19-20H2,(H2,31,32)(H,33,36). The molecule has 3 aromatic carbocycles. The number of carbonyl (C=O) groups excluding carboxylic acids is 2. The molecule has 2 unspecified atom stereocenters. The number of aromatic nitrogens is 1. The Bertz CT molecular complexity index is 1610. The lowest BCUT2D eigenvalue weighted by Crippen LogP contribution is -2.50. The molecule has 4 N–H and O–H groups in total. The third-order valence-electron chi connectivity index (χ3n) is 7.04. The van der Waals surface area contributed by atoms with Crippen LogP contribution in [0.2, 0.25) is 0 Å². The SMILES string of the molecule is Nc1nccc2cc(CNC(=O)C3CCCN3C(=O)C(NS(=O)(=O)Cc3ccccc3)c3ccccc3)ccc12. The highest BCUT2D eigenvalue weighted by atomic mass is 32.2. The van der Waals surface area contributed by atoms with Gasteiger partial charge in [-0.3, -0.25) is 9.59 Å². The number of pyridine rings is 1. The minimum atomic E-state index is -3.87. The first-order valence-electron chi connectivity index (χ1n) is 13.1. The Morgan fingerprint density at radius 2 is 1.70 bits per heavy atom. The van der Waals surface area contributed by atoms with Crippen molar-refractivity contribution in [2.45, 2.75) is 37.2 Å². The number of amides is 2. The number of hydrogen-bond donors (Lipinski definition) is 3. The molecule has 1 aromatic heterocycles. The van der Waals surface area contributed by atoms with E-state index in [2.05, 4.69) is 15.0 Å². The maximum Gasteiger partial charge on any atom is 0.245 e. The molecule has 1 aliphatic heterocycles. The Labute approximate surface area is 233 Å². The van der Waals surface area contributed by atoms with E-state index in [0.717, 1.165) is 16.3 Å². The third-order valence-corrected chi connectivity index (χ3v) is 8.35. The smallest absolute Gasteiger partial charge is 0.245 e. The van der Waals surface area contributed by atoms with Gasteiger partial charge in [-0.05, 0) is 47.1 Å². The number of carbonyl (C=O) groups is 2. The molecular weight excluding hydrogens is 526 g/mol. The van der Waals surface area contributed by atoms with E-state index in [4.69, 9.17) is 5.73 Å². The quantitative estimate of drug-likeness (QED) is 0.289. The average molecular weight is 558 g/mol. The van der Waals surface area contributed by atoms with Crippen molar-refractivity contribution < 1.29 is 18.0 Å². The fourth-order valence-electron chi connectivity index (χ4n) is 5.06. The summed E-state index contributed by atoms with van der Waals surface area (Å²) in [6.07, 6.45) is 2.78. The minimum Gasteiger partial charge on any atom is -0.383 e. The van der Waals surface area contributed by atoms with Crippen molar-refractivity contribution in [1.82, 2.24) is 19.9 Å². The summed E-state index contributed by atoms with van der Waals surface area (Å²) in [4.78, 5) is 32.7. The summed E-state index contributed by atoms with van der Waals surface area (Å²) in [6, 6.07) is 23.2. The highest BCUT2D eigenvalue weighted by Crippen LogP contribution is 2.25. The largest absolute Gasteiger partial charge is 0.383 e. The van der Waals surface area contributed by atoms with Gasteiger partial charge < -0.3 is 16.0 Å². The number of nitrogens with zero attached hydrogens (tertiary/aromatic N) is 2. The van der Waals surface area contributed by atoms with Gasteiger partial charge in [0, 0.05) is 24.7 Å². The van der Waals surface area contributed by atoms with Crippen LogP contribution in [0.3, 0.4) is 0 Å². The van der Waals surface area contributed by atoms with E-state index in [1.165, 1.54) is 4.90 Å². The first-order valence-corrected chi connectivity index (χ1v) is 14.8. The van der Waals surface area contributed by atoms with E-state index in [-0.39, 0.29) is 18.2 Å². The molecule has 206 valence electrons. The maximum absolute atomic E-state index is 13.8. The highest BCUT2D eigenvalue weighted by molar-refractivity contribution is 7.88. The van der Waals surface area contributed by atoms with Crippen LogP contribution < -0.4 is 15.8 Å². The van der Waals surface area contributed by atoms with Crippen molar-refractivity contribution in [2.24, 2.45) is 0 Å². The van der Waals surface area contributed by atoms with Gasteiger partial charge in [0.1, 0.15) is 17.9 Å². The zero-order valence-corrected chi connectivity index (χ0v) is 22.7. The predicted octanol–water partition coefficient (Wildman–Crippen LogP) is 3.29. The molecule has 2 atom stereocenters. The van der Waals surface area contributed by atoms with Crippen LogP contribution >= 0.6 is 0 Å². The van der Waals surface area contributed by atoms with Crippen molar-refractivity contribution in [3.63, 3.8) is 0 Å². The summed E-state index contributed by atoms with van der Waals surface area (Å²) < 4.78 is 28.8. The van der Waals surface area contributed by atoms with Crippen LogP contribution in [0.5, 0.6) is 0 Å². The van der Waals surface area contributed by atoms with Crippen LogP contribution in [-0.2, 0) is 31.9 Å². The fraction of sp³-hybridized carbons (Fsp3) is 0.233. The molecule has 0 saturated carbocycles. The third kappa shape index (κ3) is 6.30. The molecule has 1 fully saturated rings. The summed E-state index contributed by atoms with van der Waals surface area (Å²) in [5.74, 6) is -0.546. The van der Waals surface area contributed by atoms with Gasteiger partial charge in [-0.1, -0.05) is 72.8 Å². The Hall–Kier alpha value is -4.28. The van der Waals surface area contributed by atoms with Gasteiger partial charge in [-0.25, -0.2) is 13.4 Å². The van der Waals surface area contributed by atoms with E-state index in [1.54, 1.807) is 60.8 Å². The Kier molecular flexibility index (Phi) is 8.09. The topological polar surface area (TPSA) is 134 Å². The molecule has 0 aliphatic carbocycles. The van der Waals surface area contributed by atoms with E-state index in [0.29, 0.717) is 36.3 Å². The predicted molar refractivity (Wildman–Crippen MR) is 154 cm³/mol. The molecule has 0 spiro atoms. The second kappa shape index (κ2) is 11.8. The molecule has 0 radical (unpaired) electrons. The number of nitrogen functional groups attached to an aromatic ring is 1. The normalized spacial score (nSPS) is 16.1. The maximum atomic E-state index is 13.8. The summed E-state index contributed by atoms with van der Waals surface area (Å²) in [7, 11) is -3.87. The van der Waals surface area contributed by atoms with Crippen LogP contribution in [0.1, 0.15) is 35.6 Å². The average Bonchev–Trinajstić information content (AvgIpc) is 3.45. The van der Waals surface area contributed by atoms with Gasteiger partial charge in [0.25, 0.3) is 0 Å². The van der Waals surface area contributed by atoms with Crippen molar-refractivity contribution >= 4 is 38.4 Å². The van der Waals surface area contributed by atoms with Crippen LogP contribution in [0.4, 0.5) is 5.82 Å². The molecule has 5 rings (SSSR count). The van der Waals surface area contributed by atoms with Gasteiger partial charge >= 0.3 is 0 Å². The first kappa shape index (κ1) is 27.3. The number of hydrogen-bond acceptors (Lipinski definition) is 6. The lowest BCUT2D eigenvalue weighted by atomic mass is 10.1. The van der Waals surface area contributed by atoms with Crippen LogP contribution in [0.25, 0.3) is 10.8 Å². The number of benzene rings is 3. The number of likely N-dealkylation sites (tertiary alicyclic amines) is 1. The zero-order chi connectivity index (χ0) is 28.1. The van der Waals surface area contributed by atoms with Crippen molar-refractivity contribution in [2.75, 3.05) is 12.3 Å². The molecule has 2 heterocycles. The van der Waals surface area contributed by atoms with Crippen LogP contribution in [0.15, 0.2) is 91.1 Å². The zero-order valence-electron chi connectivity index (χ0n) is 21.9. The van der Waals surface area contributed by atoms with Crippen LogP contribution in [0, 0.1) is 0 Å². The minimum absolute atomic E-state index is 0.262. The van der Waals surface area contributed by atoms with Gasteiger partial charge in [-0.2, -0.15) is 4.72 Å². The summed E-state index contributed by atoms with van der Waals surface area (Å²) in [5, 5.41) is 4.71. The molecular formula is C30H31N5O4S. The monoisotopic (exact) mass is 557 g/mol. The number of nitrogens with two attached hydrogens (primary N) is 1. The second-order valence-electron chi connectivity index (χ2n) is 9.87. The number of nitrogens with one attached hydrogen (secondary N) is 2. The Morgan fingerprint density at radius 1 is 0.975 bits per heavy atom. The molecule has 2 amide bonds. The molecule has 0 bridgehead atoms. The summed E-state index contributed by atoms with van der Waals surface area (Å²) in [6.45, 7) is 0.643. The van der Waals surface area contributed by atoms with Gasteiger partial charge in [0.05, 0.1) is 5.75 Å². The number of sulfonamides is 1. The van der Waals surface area contributed by atoms with E-state index in [9.17, 15) is 18.0 Å². The van der Waals surface area contributed by atoms with Crippen LogP contribution in [-0.4, -0.2) is 42.7 Å². The molecule has 9 nitrogen and oxygen atoms in total. The molecule has 1 saturated heterocycles. The number of rotatable bonds is 9. The van der Waals surface area contributed by atoms with Crippen molar-refractivity contribution in [1.29, 1.82) is 0 Å². The Morgan fingerprint density at radius 3 is 2.45 bits per heavy atom. The van der Waals surface area contributed by atoms with Crippen molar-refractivity contribution in [3.05, 3.63) is 108 Å². The van der Waals surface area contributed by atoms with E-state index >= 15 is 0 Å². The van der Waals surface area contributed by atoms with Gasteiger partial charge in [0.15, 0.2) is 0 Å². The fourth-order valence-corrected chi connectivity index (χ4v) is 6.37. The molecule has 1 aliphatic rings. The van der Waals surface area contributed by atoms with Gasteiger partial charge in [0.2, 0.25) is 21.8 Å². The summed E-state index contributed by atoms with van der Waals surface area (Å²) >= 11 is 0. The molecule has 10 heteroatoms. The van der Waals surface area contributed by atoms with Crippen molar-refractivity contribution in [3.8, 4) is 0 Å². The number of anilines is 1. The van der Waals surface area contributed by atoms with E-state index < -0.39 is 28.0 Å². The summed E-state index contributed by atoms with van der Waals surface area (Å²) in [5.41, 5.74) is 7.95. The second-order valence-corrected chi connectivity index (χ2v) is 11.6. The molecule has 4 aromatic rings. The van der Waals surface area contributed by atoms with Gasteiger partial charge in [-0.15, -0.1) is 0 Å². The lowest BCUT2D eigenvalue weighted by Gasteiger charge is -2.29.